The molecule has 0 fully saturated rings. The molecule has 2 unspecified atom stereocenters. The molecule has 0 aromatic rings. The molecular formula is C83H162O17P2. The summed E-state index contributed by atoms with van der Waals surface area (Å²) in [7, 11) is -9.92. The van der Waals surface area contributed by atoms with Crippen molar-refractivity contribution >= 4 is 39.5 Å². The first-order valence-electron chi connectivity index (χ1n) is 43.1. The third-order valence-electron chi connectivity index (χ3n) is 19.5. The Labute approximate surface area is 626 Å². The van der Waals surface area contributed by atoms with Gasteiger partial charge in [0.25, 0.3) is 0 Å². The summed E-state index contributed by atoms with van der Waals surface area (Å²) in [5.74, 6) is -1.43. The highest BCUT2D eigenvalue weighted by Crippen LogP contribution is 2.45. The van der Waals surface area contributed by atoms with E-state index in [1.807, 2.05) is 0 Å². The summed E-state index contributed by atoms with van der Waals surface area (Å²) in [6.45, 7) is 7.26. The fourth-order valence-corrected chi connectivity index (χ4v) is 14.5. The lowest BCUT2D eigenvalue weighted by Crippen LogP contribution is -2.30. The number of aliphatic hydroxyl groups is 1. The average Bonchev–Trinajstić information content (AvgIpc) is 0.911. The predicted octanol–water partition coefficient (Wildman–Crippen LogP) is 25.2. The van der Waals surface area contributed by atoms with Crippen LogP contribution in [0.4, 0.5) is 0 Å². The van der Waals surface area contributed by atoms with Gasteiger partial charge >= 0.3 is 39.5 Å². The minimum atomic E-state index is -4.96. The van der Waals surface area contributed by atoms with Crippen LogP contribution < -0.4 is 0 Å². The van der Waals surface area contributed by atoms with Crippen molar-refractivity contribution in [1.29, 1.82) is 0 Å². The van der Waals surface area contributed by atoms with Gasteiger partial charge in [0.1, 0.15) is 19.3 Å². The van der Waals surface area contributed by atoms with E-state index in [9.17, 15) is 43.2 Å². The molecule has 102 heavy (non-hydrogen) atoms. The summed E-state index contributed by atoms with van der Waals surface area (Å²) in [5.41, 5.74) is 0. The number of hydrogen-bond acceptors (Lipinski definition) is 15. The number of esters is 4. The molecule has 0 aromatic heterocycles. The van der Waals surface area contributed by atoms with Gasteiger partial charge in [0.05, 0.1) is 26.4 Å². The first-order valence-corrected chi connectivity index (χ1v) is 46.1. The lowest BCUT2D eigenvalue weighted by Gasteiger charge is -2.21. The maximum absolute atomic E-state index is 13.1. The molecule has 606 valence electrons. The van der Waals surface area contributed by atoms with Gasteiger partial charge in [-0.15, -0.1) is 0 Å². The predicted molar refractivity (Wildman–Crippen MR) is 418 cm³/mol. The van der Waals surface area contributed by atoms with E-state index in [0.717, 1.165) is 96.3 Å². The van der Waals surface area contributed by atoms with E-state index in [2.05, 4.69) is 34.6 Å². The zero-order valence-corrected chi connectivity index (χ0v) is 68.5. The molecule has 19 heteroatoms. The number of phosphoric acid groups is 2. The molecule has 17 nitrogen and oxygen atoms in total. The Balaban J connectivity index is 5.21. The molecule has 0 aliphatic rings. The summed E-state index contributed by atoms with van der Waals surface area (Å²) < 4.78 is 68.7. The van der Waals surface area contributed by atoms with Crippen molar-refractivity contribution in [1.82, 2.24) is 0 Å². The normalized spacial score (nSPS) is 13.8. The largest absolute Gasteiger partial charge is 0.472 e. The Morgan fingerprint density at radius 2 is 0.451 bits per heavy atom. The van der Waals surface area contributed by atoms with Crippen LogP contribution in [0.1, 0.15) is 446 Å². The minimum Gasteiger partial charge on any atom is -0.462 e. The number of carbonyl (C=O) groups is 4. The van der Waals surface area contributed by atoms with E-state index >= 15 is 0 Å². The molecule has 0 aromatic carbocycles. The molecule has 0 heterocycles. The third kappa shape index (κ3) is 76.3. The van der Waals surface area contributed by atoms with Gasteiger partial charge in [-0.1, -0.05) is 394 Å². The van der Waals surface area contributed by atoms with E-state index in [4.69, 9.17) is 37.0 Å². The Kier molecular flexibility index (Phi) is 74.4. The van der Waals surface area contributed by atoms with Crippen LogP contribution in [0.5, 0.6) is 0 Å². The quantitative estimate of drug-likeness (QED) is 0.0222. The zero-order valence-electron chi connectivity index (χ0n) is 66.8. The van der Waals surface area contributed by atoms with Crippen LogP contribution in [-0.2, 0) is 65.4 Å². The molecule has 0 saturated carbocycles. The summed E-state index contributed by atoms with van der Waals surface area (Å²) in [6.07, 6.45) is 68.3. The van der Waals surface area contributed by atoms with E-state index in [-0.39, 0.29) is 25.7 Å². The Bertz CT molecular complexity index is 1940. The van der Waals surface area contributed by atoms with Gasteiger partial charge in [-0.3, -0.25) is 37.3 Å². The zero-order chi connectivity index (χ0) is 74.8. The molecule has 0 aliphatic heterocycles. The van der Waals surface area contributed by atoms with Crippen LogP contribution in [-0.4, -0.2) is 96.7 Å². The Hall–Kier alpha value is -1.94. The molecule has 5 atom stereocenters. The van der Waals surface area contributed by atoms with Crippen LogP contribution >= 0.6 is 15.6 Å². The van der Waals surface area contributed by atoms with Gasteiger partial charge in [0.2, 0.25) is 0 Å². The summed E-state index contributed by atoms with van der Waals surface area (Å²) in [6, 6.07) is 0. The topological polar surface area (TPSA) is 237 Å². The van der Waals surface area contributed by atoms with Crippen LogP contribution in [0.3, 0.4) is 0 Å². The fraction of sp³-hybridized carbons (Fsp3) is 0.952. The van der Waals surface area contributed by atoms with E-state index in [1.165, 1.54) is 263 Å². The van der Waals surface area contributed by atoms with E-state index < -0.39 is 97.5 Å². The van der Waals surface area contributed by atoms with Crippen LogP contribution in [0.2, 0.25) is 0 Å². The number of aliphatic hydroxyl groups excluding tert-OH is 1. The first kappa shape index (κ1) is 100. The highest BCUT2D eigenvalue weighted by Gasteiger charge is 2.30. The highest BCUT2D eigenvalue weighted by molar-refractivity contribution is 7.47. The number of hydrogen-bond donors (Lipinski definition) is 3. The van der Waals surface area contributed by atoms with Crippen molar-refractivity contribution in [2.45, 2.75) is 464 Å². The third-order valence-corrected chi connectivity index (χ3v) is 21.4. The van der Waals surface area contributed by atoms with Gasteiger partial charge in [0.15, 0.2) is 12.2 Å². The van der Waals surface area contributed by atoms with Crippen molar-refractivity contribution in [2.75, 3.05) is 39.6 Å². The van der Waals surface area contributed by atoms with Crippen molar-refractivity contribution in [3.05, 3.63) is 0 Å². The standard InChI is InChI=1S/C83H162O17P2/c1-6-9-12-15-18-21-24-27-30-32-34-36-38-40-43-46-49-52-59-64-69-82(87)99-78(72-93-80(85)66-61-56-50-47-44-42-39-37-35-33-31-28-25-22-19-16-13-10-7-2)74-97-101(89,90)95-70-77(84)71-96-102(91,92)98-75-79(73-94-81(86)67-62-57-54-53-55-60-65-76(4)5)100-83(88)68-63-58-51-48-45-41-29-26-23-20-17-14-11-8-3/h76-79,84H,6-75H2,1-5H3,(H,89,90)(H,91,92)/t77-,78-,79-/m1/s1. The molecule has 0 radical (unpaired) electrons. The van der Waals surface area contributed by atoms with E-state index in [0.29, 0.717) is 31.6 Å². The van der Waals surface area contributed by atoms with Crippen molar-refractivity contribution in [2.24, 2.45) is 5.92 Å². The van der Waals surface area contributed by atoms with Crippen molar-refractivity contribution in [3.63, 3.8) is 0 Å². The first-order chi connectivity index (χ1) is 49.5. The molecule has 0 amide bonds. The second kappa shape index (κ2) is 75.9. The molecule has 0 spiro atoms. The van der Waals surface area contributed by atoms with Crippen molar-refractivity contribution in [3.8, 4) is 0 Å². The number of unbranched alkanes of at least 4 members (excludes halogenated alkanes) is 55. The fourth-order valence-electron chi connectivity index (χ4n) is 12.9. The number of phosphoric ester groups is 2. The summed E-state index contributed by atoms with van der Waals surface area (Å²) in [4.78, 5) is 73.0. The Morgan fingerprint density at radius 1 is 0.265 bits per heavy atom. The number of ether oxygens (including phenoxy) is 4. The molecular weight excluding hydrogens is 1330 g/mol. The number of rotatable bonds is 83. The van der Waals surface area contributed by atoms with Crippen molar-refractivity contribution < 1.29 is 80.2 Å². The van der Waals surface area contributed by atoms with Gasteiger partial charge in [-0.25, -0.2) is 9.13 Å². The molecule has 0 aliphatic carbocycles. The van der Waals surface area contributed by atoms with E-state index in [1.54, 1.807) is 0 Å². The monoisotopic (exact) mass is 1490 g/mol. The lowest BCUT2D eigenvalue weighted by atomic mass is 10.0. The summed E-state index contributed by atoms with van der Waals surface area (Å²) in [5, 5.41) is 10.6. The number of carbonyl (C=O) groups excluding carboxylic acids is 4. The lowest BCUT2D eigenvalue weighted by molar-refractivity contribution is -0.161. The van der Waals surface area contributed by atoms with Gasteiger partial charge in [0, 0.05) is 25.7 Å². The summed E-state index contributed by atoms with van der Waals surface area (Å²) >= 11 is 0. The molecule has 0 rings (SSSR count). The molecule has 0 saturated heterocycles. The minimum absolute atomic E-state index is 0.107. The maximum Gasteiger partial charge on any atom is 0.472 e. The highest BCUT2D eigenvalue weighted by atomic mass is 31.2. The second-order valence-corrected chi connectivity index (χ2v) is 33.3. The second-order valence-electron chi connectivity index (χ2n) is 30.3. The average molecular weight is 1490 g/mol. The van der Waals surface area contributed by atoms with Crippen LogP contribution in [0.25, 0.3) is 0 Å². The smallest absolute Gasteiger partial charge is 0.462 e. The molecule has 0 bridgehead atoms. The van der Waals surface area contributed by atoms with Gasteiger partial charge in [-0.2, -0.15) is 0 Å². The van der Waals surface area contributed by atoms with Gasteiger partial charge in [-0.05, 0) is 31.6 Å². The SMILES string of the molecule is CCCCCCCCCCCCCCCCCCCCCCC(=O)O[C@H](COC(=O)CCCCCCCCCCCCCCCCCCCCC)COP(=O)(O)OC[C@@H](O)COP(=O)(O)OC[C@@H](COC(=O)CCCCCCCCC(C)C)OC(=O)CCCCCCCCCCCCCCCC. The van der Waals surface area contributed by atoms with Crippen LogP contribution in [0, 0.1) is 5.92 Å². The Morgan fingerprint density at radius 3 is 0.667 bits per heavy atom. The maximum atomic E-state index is 13.1. The van der Waals surface area contributed by atoms with Crippen LogP contribution in [0.15, 0.2) is 0 Å². The van der Waals surface area contributed by atoms with Gasteiger partial charge < -0.3 is 33.8 Å². The molecule has 3 N–H and O–H groups in total.